The summed E-state index contributed by atoms with van der Waals surface area (Å²) in [5, 5.41) is 3.21. The van der Waals surface area contributed by atoms with Crippen LogP contribution in [0.5, 0.6) is 0 Å². The summed E-state index contributed by atoms with van der Waals surface area (Å²) in [6.45, 7) is 15.2. The minimum atomic E-state index is -5.70. The van der Waals surface area contributed by atoms with Gasteiger partial charge in [-0.25, -0.2) is 4.90 Å². The second-order valence-electron chi connectivity index (χ2n) is 15.8. The molecule has 0 saturated heterocycles. The van der Waals surface area contributed by atoms with E-state index in [0.29, 0.717) is 28.8 Å². The maximum Gasteiger partial charge on any atom is 0.404 e. The topological polar surface area (TPSA) is 83.6 Å². The fourth-order valence-electron chi connectivity index (χ4n) is 8.47. The molecule has 0 spiro atoms. The summed E-state index contributed by atoms with van der Waals surface area (Å²) < 4.78 is 81.4. The Hall–Kier alpha value is -6.82. The quantitative estimate of drug-likeness (QED) is 0.0676. The maximum absolute atomic E-state index is 13.7. The smallest absolute Gasteiger partial charge is 0.388 e. The molecule has 1 aliphatic heterocycles. The summed E-state index contributed by atoms with van der Waals surface area (Å²) in [7, 11) is 1.85. The zero-order valence-corrected chi connectivity index (χ0v) is 37.4. The van der Waals surface area contributed by atoms with Crippen LogP contribution in [0.2, 0.25) is 0 Å². The van der Waals surface area contributed by atoms with Gasteiger partial charge >= 0.3 is 12.4 Å². The molecule has 0 atom stereocenters. The number of anilines is 2. The van der Waals surface area contributed by atoms with Crippen molar-refractivity contribution in [2.45, 2.75) is 72.7 Å². The summed E-state index contributed by atoms with van der Waals surface area (Å²) in [4.78, 5) is 50.0. The first-order valence-corrected chi connectivity index (χ1v) is 20.9. The van der Waals surface area contributed by atoms with Crippen molar-refractivity contribution in [3.63, 3.8) is 0 Å². The van der Waals surface area contributed by atoms with Crippen molar-refractivity contribution >= 4 is 34.8 Å². The highest BCUT2D eigenvalue weighted by atomic mass is 19.4. The van der Waals surface area contributed by atoms with Crippen molar-refractivity contribution in [1.82, 2.24) is 0 Å². The number of Topliss-reactive ketones (excluding diaryl/α,β-unsaturated/α-hetero) is 2. The summed E-state index contributed by atoms with van der Waals surface area (Å²) in [6, 6.07) is 34.5. The first-order valence-electron chi connectivity index (χ1n) is 20.9. The highest BCUT2D eigenvalue weighted by molar-refractivity contribution is 6.34. The van der Waals surface area contributed by atoms with Crippen molar-refractivity contribution in [2.75, 3.05) is 17.3 Å². The van der Waals surface area contributed by atoms with Crippen molar-refractivity contribution < 1.29 is 45.5 Å². The van der Waals surface area contributed by atoms with Gasteiger partial charge in [0.2, 0.25) is 0 Å². The molecule has 65 heavy (non-hydrogen) atoms. The van der Waals surface area contributed by atoms with Crippen LogP contribution in [0, 0.1) is 19.8 Å². The van der Waals surface area contributed by atoms with Crippen LogP contribution in [0.25, 0.3) is 11.1 Å². The van der Waals surface area contributed by atoms with Gasteiger partial charge in [-0.2, -0.15) is 26.3 Å². The lowest BCUT2D eigenvalue weighted by atomic mass is 9.67. The van der Waals surface area contributed by atoms with Gasteiger partial charge in [0.05, 0.1) is 11.1 Å². The summed E-state index contributed by atoms with van der Waals surface area (Å²) in [5.41, 5.74) is 6.70. The van der Waals surface area contributed by atoms with Crippen LogP contribution >= 0.6 is 0 Å². The molecule has 0 radical (unpaired) electrons. The number of fused-ring (bicyclic) bond motifs is 3. The van der Waals surface area contributed by atoms with Gasteiger partial charge < -0.3 is 5.32 Å². The van der Waals surface area contributed by atoms with Gasteiger partial charge in [0.25, 0.3) is 11.8 Å². The molecule has 0 bridgehead atoms. The van der Waals surface area contributed by atoms with Gasteiger partial charge in [-0.1, -0.05) is 130 Å². The van der Waals surface area contributed by atoms with Crippen LogP contribution in [-0.2, 0) is 15.0 Å². The molecule has 7 rings (SSSR count). The van der Waals surface area contributed by atoms with E-state index < -0.39 is 46.6 Å². The number of benzene rings is 5. The Morgan fingerprint density at radius 3 is 1.55 bits per heavy atom. The van der Waals surface area contributed by atoms with Crippen LogP contribution < -0.4 is 10.2 Å². The van der Waals surface area contributed by atoms with Gasteiger partial charge in [0, 0.05) is 35.0 Å². The first-order chi connectivity index (χ1) is 30.6. The Kier molecular flexibility index (Phi) is 14.8. The van der Waals surface area contributed by atoms with Gasteiger partial charge in [-0.3, -0.25) is 19.2 Å². The number of aryl methyl sites for hydroxylation is 2. The molecule has 5 aromatic carbocycles. The van der Waals surface area contributed by atoms with Crippen LogP contribution in [0.1, 0.15) is 95.1 Å². The van der Waals surface area contributed by atoms with E-state index in [1.807, 2.05) is 56.4 Å². The van der Waals surface area contributed by atoms with Crippen LogP contribution in [0.15, 0.2) is 145 Å². The Bertz CT molecular complexity index is 2650. The zero-order chi connectivity index (χ0) is 48.2. The minimum Gasteiger partial charge on any atom is -0.388 e. The number of allylic oxidation sites excluding steroid dienone is 2. The molecule has 1 heterocycles. The number of alkyl halides is 6. The second kappa shape index (κ2) is 19.5. The highest BCUT2D eigenvalue weighted by Crippen LogP contribution is 2.57. The molecule has 0 unspecified atom stereocenters. The van der Waals surface area contributed by atoms with Gasteiger partial charge in [0.1, 0.15) is 0 Å². The molecule has 0 aromatic heterocycles. The molecule has 2 amide bonds. The van der Waals surface area contributed by atoms with Gasteiger partial charge in [0.15, 0.2) is 17.5 Å². The van der Waals surface area contributed by atoms with E-state index in [1.54, 1.807) is 37.3 Å². The number of carbonyl (C=O) groups is 4. The van der Waals surface area contributed by atoms with Crippen molar-refractivity contribution in [1.29, 1.82) is 0 Å². The van der Waals surface area contributed by atoms with Crippen molar-refractivity contribution in [3.8, 4) is 11.1 Å². The molecule has 5 aromatic rings. The molecule has 0 fully saturated rings. The van der Waals surface area contributed by atoms with Crippen molar-refractivity contribution in [3.05, 3.63) is 189 Å². The number of rotatable bonds is 9. The largest absolute Gasteiger partial charge is 0.404 e. The molecular formula is C53H50F6N2O4. The van der Waals surface area contributed by atoms with E-state index in [1.165, 1.54) is 27.2 Å². The number of nitrogens with one attached hydrogen (secondary N) is 1. The summed E-state index contributed by atoms with van der Waals surface area (Å²) in [5.74, 6) is -5.90. The standard InChI is InChI=1S/C40H32F6N2O2.C10H10O2.C3H8/c1-6-25(35(39(41,42)43)40(44,45)46)21-30-24(4)36(49)48(37(30)50)34-18-16-27(20-23(34)3)38(26-15-17-33(47-5)22(2)19-26)31-13-9-7-11-28(31)29-12-8-10-14-32(29)38;1-7(11)9-5-3-4-6-10(9)8(2)12;1-3-2/h6-21,35,47H,1H2,2-5H3;3-6H,1-2H3;3H2,1-2H3/b25-21+;;. The van der Waals surface area contributed by atoms with E-state index in [4.69, 9.17) is 0 Å². The predicted octanol–water partition coefficient (Wildman–Crippen LogP) is 13.3. The average molecular weight is 893 g/mol. The number of hydrogen-bond acceptors (Lipinski definition) is 5. The average Bonchev–Trinajstić information content (AvgIpc) is 3.66. The van der Waals surface area contributed by atoms with E-state index in [-0.39, 0.29) is 22.8 Å². The minimum absolute atomic E-state index is 0.0687. The lowest BCUT2D eigenvalue weighted by Gasteiger charge is -2.35. The van der Waals surface area contributed by atoms with Gasteiger partial charge in [-0.15, -0.1) is 0 Å². The molecule has 6 nitrogen and oxygen atoms in total. The van der Waals surface area contributed by atoms with Gasteiger partial charge in [-0.05, 0) is 103 Å². The number of halogens is 6. The van der Waals surface area contributed by atoms with E-state index in [2.05, 4.69) is 62.1 Å². The Labute approximate surface area is 375 Å². The second-order valence-corrected chi connectivity index (χ2v) is 15.8. The summed E-state index contributed by atoms with van der Waals surface area (Å²) in [6.07, 6.45) is -9.28. The van der Waals surface area contributed by atoms with Crippen LogP contribution in [0.4, 0.5) is 37.7 Å². The molecule has 338 valence electrons. The van der Waals surface area contributed by atoms with Crippen molar-refractivity contribution in [2.24, 2.45) is 5.92 Å². The molecule has 12 heteroatoms. The lowest BCUT2D eigenvalue weighted by molar-refractivity contribution is -0.270. The number of carbonyl (C=O) groups excluding carboxylic acids is 4. The SMILES string of the molecule is C=C/C(=C\C1=C(C)C(=O)N(c2ccc(C3(c4ccc(NC)c(C)c4)c4ccccc4-c4ccccc43)cc2C)C1=O)C(C(F)(F)F)C(F)(F)F.CC(=O)c1ccccc1C(C)=O.CCC. The maximum atomic E-state index is 13.7. The number of nitrogens with zero attached hydrogens (tertiary/aromatic N) is 1. The molecule has 1 N–H and O–H groups in total. The van der Waals surface area contributed by atoms with Crippen LogP contribution in [0.3, 0.4) is 0 Å². The molecule has 2 aliphatic rings. The molecular weight excluding hydrogens is 843 g/mol. The Balaban J connectivity index is 0.000000451. The number of imide groups is 1. The predicted molar refractivity (Wildman–Crippen MR) is 244 cm³/mol. The van der Waals surface area contributed by atoms with E-state index in [0.717, 1.165) is 49.5 Å². The number of hydrogen-bond donors (Lipinski definition) is 1. The van der Waals surface area contributed by atoms with E-state index >= 15 is 0 Å². The first kappa shape index (κ1) is 49.2. The molecule has 0 saturated carbocycles. The number of amides is 2. The Morgan fingerprint density at radius 1 is 0.692 bits per heavy atom. The molecule has 1 aliphatic carbocycles. The third-order valence-corrected chi connectivity index (χ3v) is 11.3. The fraction of sp³-hybridized carbons (Fsp3) is 0.245. The number of ketones is 2. The monoisotopic (exact) mass is 892 g/mol. The third-order valence-electron chi connectivity index (χ3n) is 11.3. The highest BCUT2D eigenvalue weighted by Gasteiger charge is 2.58. The van der Waals surface area contributed by atoms with E-state index in [9.17, 15) is 45.5 Å². The normalized spacial score (nSPS) is 14.3. The fourth-order valence-corrected chi connectivity index (χ4v) is 8.47. The summed E-state index contributed by atoms with van der Waals surface area (Å²) >= 11 is 0. The van der Waals surface area contributed by atoms with Crippen LogP contribution in [-0.4, -0.2) is 42.8 Å². The third kappa shape index (κ3) is 9.39. The zero-order valence-electron chi connectivity index (χ0n) is 37.4. The Morgan fingerprint density at radius 2 is 1.14 bits per heavy atom. The lowest BCUT2D eigenvalue weighted by Crippen LogP contribution is -2.37.